The zero-order valence-electron chi connectivity index (χ0n) is 7.52. The summed E-state index contributed by atoms with van der Waals surface area (Å²) in [5, 5.41) is 10.6. The van der Waals surface area contributed by atoms with E-state index in [2.05, 4.69) is 4.99 Å². The number of rotatable bonds is 2. The van der Waals surface area contributed by atoms with Crippen molar-refractivity contribution in [2.75, 3.05) is 0 Å². The third kappa shape index (κ3) is 1.90. The zero-order valence-corrected chi connectivity index (χ0v) is 7.52. The maximum Gasteiger partial charge on any atom is 0.295 e. The summed E-state index contributed by atoms with van der Waals surface area (Å²) < 4.78 is 0. The number of nitrogens with zero attached hydrogens (tertiary/aromatic N) is 2. The number of hydrogen-bond acceptors (Lipinski definition) is 3. The van der Waals surface area contributed by atoms with Gasteiger partial charge < -0.3 is 0 Å². The quantitative estimate of drug-likeness (QED) is 0.397. The lowest BCUT2D eigenvalue weighted by Gasteiger charge is -1.99. The molecule has 4 heteroatoms. The molecular weight excluding hydrogens is 168 g/mol. The Morgan fingerprint density at radius 3 is 2.77 bits per heavy atom. The monoisotopic (exact) mass is 178 g/mol. The van der Waals surface area contributed by atoms with Crippen LogP contribution in [0.5, 0.6) is 0 Å². The Hall–Kier alpha value is -1.71. The van der Waals surface area contributed by atoms with Gasteiger partial charge in [0.1, 0.15) is 5.69 Å². The molecule has 68 valence electrons. The lowest BCUT2D eigenvalue weighted by atomic mass is 10.2. The van der Waals surface area contributed by atoms with E-state index in [0.717, 1.165) is 5.56 Å². The maximum atomic E-state index is 10.6. The molecule has 4 nitrogen and oxygen atoms in total. The average Bonchev–Trinajstić information content (AvgIpc) is 2.08. The molecule has 1 aromatic carbocycles. The summed E-state index contributed by atoms with van der Waals surface area (Å²) in [4.78, 5) is 14.1. The largest absolute Gasteiger partial charge is 0.295 e. The highest BCUT2D eigenvalue weighted by molar-refractivity contribution is 5.69. The molecule has 0 radical (unpaired) electrons. The molecule has 0 amide bonds. The second-order valence-corrected chi connectivity index (χ2v) is 2.59. The topological polar surface area (TPSA) is 55.5 Å². The van der Waals surface area contributed by atoms with Gasteiger partial charge in [0.2, 0.25) is 0 Å². The molecule has 0 aliphatic rings. The van der Waals surface area contributed by atoms with Crippen molar-refractivity contribution in [1.82, 2.24) is 0 Å². The third-order valence-electron chi connectivity index (χ3n) is 1.67. The van der Waals surface area contributed by atoms with Gasteiger partial charge in [-0.3, -0.25) is 15.1 Å². The van der Waals surface area contributed by atoms with E-state index in [1.807, 2.05) is 0 Å². The standard InChI is InChI=1S/C9H10N2O2/c1-3-10-9-7(2)5-4-6-8(9)11(12)13/h3-6H,1-2H3. The molecule has 0 saturated carbocycles. The second-order valence-electron chi connectivity index (χ2n) is 2.59. The van der Waals surface area contributed by atoms with E-state index in [4.69, 9.17) is 0 Å². The summed E-state index contributed by atoms with van der Waals surface area (Å²) in [5.74, 6) is 0. The summed E-state index contributed by atoms with van der Waals surface area (Å²) in [6.45, 7) is 3.53. The van der Waals surface area contributed by atoms with Crippen LogP contribution in [-0.2, 0) is 0 Å². The van der Waals surface area contributed by atoms with Crippen LogP contribution in [0.3, 0.4) is 0 Å². The molecule has 0 fully saturated rings. The molecule has 1 aromatic rings. The van der Waals surface area contributed by atoms with Crippen molar-refractivity contribution >= 4 is 17.6 Å². The Morgan fingerprint density at radius 2 is 2.23 bits per heavy atom. The minimum atomic E-state index is -0.421. The van der Waals surface area contributed by atoms with E-state index in [1.54, 1.807) is 32.2 Å². The first-order valence-corrected chi connectivity index (χ1v) is 3.89. The number of nitro groups is 1. The van der Waals surface area contributed by atoms with Crippen LogP contribution in [0.4, 0.5) is 11.4 Å². The highest BCUT2D eigenvalue weighted by Crippen LogP contribution is 2.29. The van der Waals surface area contributed by atoms with Crippen molar-refractivity contribution in [3.8, 4) is 0 Å². The van der Waals surface area contributed by atoms with Gasteiger partial charge in [0.05, 0.1) is 4.92 Å². The minimum absolute atomic E-state index is 0.0538. The Morgan fingerprint density at radius 1 is 1.54 bits per heavy atom. The fourth-order valence-electron chi connectivity index (χ4n) is 1.09. The molecule has 0 aliphatic carbocycles. The number of aliphatic imine (C=N–C) groups is 1. The first kappa shape index (κ1) is 9.38. The van der Waals surface area contributed by atoms with Crippen LogP contribution in [0.1, 0.15) is 12.5 Å². The van der Waals surface area contributed by atoms with Crippen molar-refractivity contribution in [2.24, 2.45) is 4.99 Å². The van der Waals surface area contributed by atoms with E-state index in [1.165, 1.54) is 6.07 Å². The van der Waals surface area contributed by atoms with E-state index >= 15 is 0 Å². The predicted octanol–water partition coefficient (Wildman–Crippen LogP) is 2.63. The molecule has 0 atom stereocenters. The molecule has 0 bridgehead atoms. The summed E-state index contributed by atoms with van der Waals surface area (Å²) in [6.07, 6.45) is 1.55. The smallest absolute Gasteiger partial charge is 0.258 e. The summed E-state index contributed by atoms with van der Waals surface area (Å²) in [6, 6.07) is 4.91. The molecule has 0 unspecified atom stereocenters. The zero-order chi connectivity index (χ0) is 9.84. The summed E-state index contributed by atoms with van der Waals surface area (Å²) >= 11 is 0. The number of nitro benzene ring substituents is 1. The molecule has 0 heterocycles. The first-order chi connectivity index (χ1) is 6.16. The van der Waals surface area contributed by atoms with Crippen molar-refractivity contribution in [3.05, 3.63) is 33.9 Å². The van der Waals surface area contributed by atoms with E-state index in [-0.39, 0.29) is 5.69 Å². The highest BCUT2D eigenvalue weighted by Gasteiger charge is 2.13. The number of benzene rings is 1. The Kier molecular flexibility index (Phi) is 2.74. The van der Waals surface area contributed by atoms with Crippen LogP contribution in [0.15, 0.2) is 23.2 Å². The lowest BCUT2D eigenvalue weighted by Crippen LogP contribution is -1.89. The lowest BCUT2D eigenvalue weighted by molar-refractivity contribution is -0.384. The summed E-state index contributed by atoms with van der Waals surface area (Å²) in [7, 11) is 0. The van der Waals surface area contributed by atoms with E-state index < -0.39 is 4.92 Å². The van der Waals surface area contributed by atoms with Crippen LogP contribution in [0.25, 0.3) is 0 Å². The third-order valence-corrected chi connectivity index (χ3v) is 1.67. The SMILES string of the molecule is CC=Nc1c(C)cccc1[N+](=O)[O-]. The van der Waals surface area contributed by atoms with Crippen molar-refractivity contribution < 1.29 is 4.92 Å². The van der Waals surface area contributed by atoms with Crippen molar-refractivity contribution in [1.29, 1.82) is 0 Å². The van der Waals surface area contributed by atoms with Gasteiger partial charge in [-0.05, 0) is 19.4 Å². The van der Waals surface area contributed by atoms with Gasteiger partial charge >= 0.3 is 0 Å². The van der Waals surface area contributed by atoms with Crippen LogP contribution in [-0.4, -0.2) is 11.1 Å². The molecule has 0 aliphatic heterocycles. The molecule has 0 saturated heterocycles. The van der Waals surface area contributed by atoms with Gasteiger partial charge in [-0.25, -0.2) is 0 Å². The number of aryl methyl sites for hydroxylation is 1. The van der Waals surface area contributed by atoms with Gasteiger partial charge in [0.25, 0.3) is 5.69 Å². The highest BCUT2D eigenvalue weighted by atomic mass is 16.6. The first-order valence-electron chi connectivity index (χ1n) is 3.89. The van der Waals surface area contributed by atoms with Crippen LogP contribution >= 0.6 is 0 Å². The molecular formula is C9H10N2O2. The van der Waals surface area contributed by atoms with Gasteiger partial charge in [0.15, 0.2) is 0 Å². The van der Waals surface area contributed by atoms with E-state index in [0.29, 0.717) is 5.69 Å². The van der Waals surface area contributed by atoms with Gasteiger partial charge in [-0.15, -0.1) is 0 Å². The molecule has 0 spiro atoms. The van der Waals surface area contributed by atoms with Crippen LogP contribution in [0.2, 0.25) is 0 Å². The second kappa shape index (κ2) is 3.80. The molecule has 13 heavy (non-hydrogen) atoms. The van der Waals surface area contributed by atoms with Gasteiger partial charge in [-0.2, -0.15) is 0 Å². The fourth-order valence-corrected chi connectivity index (χ4v) is 1.09. The van der Waals surface area contributed by atoms with Crippen molar-refractivity contribution in [2.45, 2.75) is 13.8 Å². The Balaban J connectivity index is 3.33. The Bertz CT molecular complexity index is 359. The molecule has 0 aromatic heterocycles. The average molecular weight is 178 g/mol. The number of hydrogen-bond donors (Lipinski definition) is 0. The van der Waals surface area contributed by atoms with Gasteiger partial charge in [0, 0.05) is 12.3 Å². The number of para-hydroxylation sites is 1. The predicted molar refractivity (Wildman–Crippen MR) is 51.7 cm³/mol. The summed E-state index contributed by atoms with van der Waals surface area (Å²) in [5.41, 5.74) is 1.31. The van der Waals surface area contributed by atoms with Crippen molar-refractivity contribution in [3.63, 3.8) is 0 Å². The fraction of sp³-hybridized carbons (Fsp3) is 0.222. The van der Waals surface area contributed by atoms with Crippen LogP contribution < -0.4 is 0 Å². The van der Waals surface area contributed by atoms with Crippen LogP contribution in [0, 0.1) is 17.0 Å². The normalized spacial score (nSPS) is 10.6. The maximum absolute atomic E-state index is 10.6. The molecule has 0 N–H and O–H groups in total. The Labute approximate surface area is 76.1 Å². The van der Waals surface area contributed by atoms with Gasteiger partial charge in [-0.1, -0.05) is 12.1 Å². The molecule has 1 rings (SSSR count). The van der Waals surface area contributed by atoms with E-state index in [9.17, 15) is 10.1 Å². The minimum Gasteiger partial charge on any atom is -0.258 e.